The Morgan fingerprint density at radius 3 is 2.74 bits per heavy atom. The van der Waals surface area contributed by atoms with Gasteiger partial charge in [0.1, 0.15) is 11.5 Å². The molecule has 0 aromatic carbocycles. The van der Waals surface area contributed by atoms with Crippen LogP contribution in [0, 0.1) is 19.8 Å². The van der Waals surface area contributed by atoms with Crippen LogP contribution in [0.4, 0.5) is 0 Å². The molecule has 1 fully saturated rings. The Kier molecular flexibility index (Phi) is 4.62. The first-order valence-corrected chi connectivity index (χ1v) is 8.92. The van der Waals surface area contributed by atoms with E-state index in [9.17, 15) is 4.79 Å². The zero-order chi connectivity index (χ0) is 18.8. The summed E-state index contributed by atoms with van der Waals surface area (Å²) >= 11 is 0. The van der Waals surface area contributed by atoms with E-state index in [0.29, 0.717) is 24.7 Å². The van der Waals surface area contributed by atoms with Gasteiger partial charge in [-0.1, -0.05) is 5.16 Å². The number of carbonyl (C=O) groups excluding carboxylic acids is 1. The highest BCUT2D eigenvalue weighted by Crippen LogP contribution is 2.30. The molecule has 138 valence electrons. The van der Waals surface area contributed by atoms with E-state index in [0.717, 1.165) is 41.2 Å². The van der Waals surface area contributed by atoms with Crippen LogP contribution < -0.4 is 0 Å². The van der Waals surface area contributed by atoms with Crippen molar-refractivity contribution >= 4 is 5.91 Å². The van der Waals surface area contributed by atoms with Crippen LogP contribution in [0.3, 0.4) is 0 Å². The molecule has 0 N–H and O–H groups in total. The summed E-state index contributed by atoms with van der Waals surface area (Å²) in [7, 11) is 0. The number of carbonyl (C=O) groups is 1. The Bertz CT molecular complexity index is 936. The second kappa shape index (κ2) is 7.22. The lowest BCUT2D eigenvalue weighted by Crippen LogP contribution is -2.29. The predicted octanol–water partition coefficient (Wildman–Crippen LogP) is 2.24. The number of hydrogen-bond acceptors (Lipinski definition) is 7. The molecule has 0 saturated carbocycles. The number of hydrogen-bond donors (Lipinski definition) is 0. The molecule has 0 bridgehead atoms. The Labute approximate surface area is 156 Å². The third-order valence-electron chi connectivity index (χ3n) is 4.88. The maximum absolute atomic E-state index is 12.6. The molecule has 27 heavy (non-hydrogen) atoms. The van der Waals surface area contributed by atoms with Gasteiger partial charge in [-0.25, -0.2) is 4.98 Å². The van der Waals surface area contributed by atoms with Gasteiger partial charge in [0.25, 0.3) is 5.91 Å². The summed E-state index contributed by atoms with van der Waals surface area (Å²) in [5.41, 5.74) is 3.82. The van der Waals surface area contributed by atoms with Gasteiger partial charge in [-0.15, -0.1) is 0 Å². The molecule has 8 heteroatoms. The summed E-state index contributed by atoms with van der Waals surface area (Å²) in [6, 6.07) is 0. The first-order valence-electron chi connectivity index (χ1n) is 8.92. The maximum atomic E-state index is 12.6. The van der Waals surface area contributed by atoms with Crippen molar-refractivity contribution in [1.29, 1.82) is 0 Å². The van der Waals surface area contributed by atoms with Crippen LogP contribution in [0.25, 0.3) is 11.3 Å². The molecule has 4 heterocycles. The fraction of sp³-hybridized carbons (Fsp3) is 0.368. The van der Waals surface area contributed by atoms with Crippen molar-refractivity contribution in [3.63, 3.8) is 0 Å². The molecule has 3 aromatic heterocycles. The quantitative estimate of drug-likeness (QED) is 0.700. The minimum atomic E-state index is -0.0734. The second-order valence-corrected chi connectivity index (χ2v) is 6.75. The average Bonchev–Trinajstić information content (AvgIpc) is 3.29. The summed E-state index contributed by atoms with van der Waals surface area (Å²) in [4.78, 5) is 31.6. The summed E-state index contributed by atoms with van der Waals surface area (Å²) in [5, 5.41) is 4.03. The van der Waals surface area contributed by atoms with Gasteiger partial charge in [0, 0.05) is 37.9 Å². The van der Waals surface area contributed by atoms with Crippen LogP contribution in [0.1, 0.15) is 34.1 Å². The van der Waals surface area contributed by atoms with Crippen LogP contribution >= 0.6 is 0 Å². The summed E-state index contributed by atoms with van der Waals surface area (Å²) in [5.74, 6) is 0.984. The first-order chi connectivity index (χ1) is 13.1. The number of likely N-dealkylation sites (tertiary alicyclic amines) is 1. The third kappa shape index (κ3) is 3.42. The number of nitrogens with zero attached hydrogens (tertiary/aromatic N) is 6. The van der Waals surface area contributed by atoms with Crippen molar-refractivity contribution in [1.82, 2.24) is 30.0 Å². The molecule has 1 atom stereocenters. The lowest BCUT2D eigenvalue weighted by atomic mass is 9.98. The first kappa shape index (κ1) is 17.3. The molecule has 0 unspecified atom stereocenters. The van der Waals surface area contributed by atoms with Crippen LogP contribution in [-0.4, -0.2) is 49.0 Å². The van der Waals surface area contributed by atoms with Crippen molar-refractivity contribution in [2.75, 3.05) is 13.1 Å². The fourth-order valence-electron chi connectivity index (χ4n) is 3.57. The smallest absolute Gasteiger partial charge is 0.274 e. The topological polar surface area (TPSA) is 97.9 Å². The van der Waals surface area contributed by atoms with E-state index in [1.165, 1.54) is 12.4 Å². The normalized spacial score (nSPS) is 16.7. The van der Waals surface area contributed by atoms with E-state index >= 15 is 0 Å². The molecule has 0 aliphatic carbocycles. The SMILES string of the molecule is Cc1noc(C)c1-c1nccnc1C[C@@H]1CCN(C(=O)c2cnccn2)C1. The summed E-state index contributed by atoms with van der Waals surface area (Å²) in [6.07, 6.45) is 9.66. The molecule has 0 radical (unpaired) electrons. The van der Waals surface area contributed by atoms with Gasteiger partial charge in [-0.2, -0.15) is 0 Å². The highest BCUT2D eigenvalue weighted by atomic mass is 16.5. The largest absolute Gasteiger partial charge is 0.361 e. The highest BCUT2D eigenvalue weighted by Gasteiger charge is 2.29. The van der Waals surface area contributed by atoms with E-state index in [2.05, 4.69) is 25.1 Å². The predicted molar refractivity (Wildman–Crippen MR) is 96.7 cm³/mol. The van der Waals surface area contributed by atoms with Crippen LogP contribution in [-0.2, 0) is 6.42 Å². The van der Waals surface area contributed by atoms with Crippen LogP contribution in [0.15, 0.2) is 35.5 Å². The maximum Gasteiger partial charge on any atom is 0.274 e. The van der Waals surface area contributed by atoms with Gasteiger partial charge >= 0.3 is 0 Å². The number of aryl methyl sites for hydroxylation is 2. The van der Waals surface area contributed by atoms with E-state index in [4.69, 9.17) is 4.52 Å². The van der Waals surface area contributed by atoms with E-state index in [1.807, 2.05) is 18.7 Å². The Morgan fingerprint density at radius 2 is 2.00 bits per heavy atom. The number of amides is 1. The van der Waals surface area contributed by atoms with Gasteiger partial charge in [-0.3, -0.25) is 19.7 Å². The van der Waals surface area contributed by atoms with Crippen molar-refractivity contribution < 1.29 is 9.32 Å². The Hall–Kier alpha value is -3.16. The standard InChI is InChI=1S/C19H20N6O2/c1-12-17(13(2)27-24-12)18-15(21-6-7-23-18)9-14-3-8-25(11-14)19(26)16-10-20-4-5-22-16/h4-7,10,14H,3,8-9,11H2,1-2H3/t14-/m0/s1. The monoisotopic (exact) mass is 364 g/mol. The molecular weight excluding hydrogens is 344 g/mol. The summed E-state index contributed by atoms with van der Waals surface area (Å²) in [6.45, 7) is 5.17. The van der Waals surface area contributed by atoms with Crippen molar-refractivity contribution in [3.05, 3.63) is 53.8 Å². The van der Waals surface area contributed by atoms with Crippen LogP contribution in [0.2, 0.25) is 0 Å². The third-order valence-corrected chi connectivity index (χ3v) is 4.88. The van der Waals surface area contributed by atoms with Crippen molar-refractivity contribution in [2.24, 2.45) is 5.92 Å². The molecule has 3 aromatic rings. The van der Waals surface area contributed by atoms with E-state index in [-0.39, 0.29) is 5.91 Å². The Balaban J connectivity index is 1.51. The average molecular weight is 364 g/mol. The zero-order valence-electron chi connectivity index (χ0n) is 15.3. The molecule has 1 amide bonds. The number of rotatable bonds is 4. The van der Waals surface area contributed by atoms with Crippen molar-refractivity contribution in [3.8, 4) is 11.3 Å². The van der Waals surface area contributed by atoms with Gasteiger partial charge in [0.2, 0.25) is 0 Å². The van der Waals surface area contributed by atoms with Gasteiger partial charge in [0.05, 0.1) is 28.8 Å². The summed E-state index contributed by atoms with van der Waals surface area (Å²) < 4.78 is 5.29. The molecule has 1 saturated heterocycles. The van der Waals surface area contributed by atoms with E-state index in [1.54, 1.807) is 18.6 Å². The molecule has 4 rings (SSSR count). The van der Waals surface area contributed by atoms with Crippen molar-refractivity contribution in [2.45, 2.75) is 26.7 Å². The fourth-order valence-corrected chi connectivity index (χ4v) is 3.57. The minimum absolute atomic E-state index is 0.0734. The molecule has 8 nitrogen and oxygen atoms in total. The van der Waals surface area contributed by atoms with Gasteiger partial charge in [0.15, 0.2) is 0 Å². The zero-order valence-corrected chi connectivity index (χ0v) is 15.3. The lowest BCUT2D eigenvalue weighted by molar-refractivity contribution is 0.0780. The molecule has 1 aliphatic rings. The highest BCUT2D eigenvalue weighted by molar-refractivity contribution is 5.92. The van der Waals surface area contributed by atoms with E-state index < -0.39 is 0 Å². The van der Waals surface area contributed by atoms with Gasteiger partial charge < -0.3 is 9.42 Å². The molecular formula is C19H20N6O2. The number of aromatic nitrogens is 5. The van der Waals surface area contributed by atoms with Crippen LogP contribution in [0.5, 0.6) is 0 Å². The molecule has 0 spiro atoms. The lowest BCUT2D eigenvalue weighted by Gasteiger charge is -2.16. The van der Waals surface area contributed by atoms with Gasteiger partial charge in [-0.05, 0) is 32.6 Å². The molecule has 1 aliphatic heterocycles. The minimum Gasteiger partial charge on any atom is -0.361 e. The Morgan fingerprint density at radius 1 is 1.19 bits per heavy atom. The second-order valence-electron chi connectivity index (χ2n) is 6.75.